The molecule has 0 radical (unpaired) electrons. The summed E-state index contributed by atoms with van der Waals surface area (Å²) < 4.78 is 9.60. The van der Waals surface area contributed by atoms with Crippen molar-refractivity contribution in [2.45, 2.75) is 12.8 Å². The zero-order chi connectivity index (χ0) is 12.7. The maximum absolute atomic E-state index is 10.9. The predicted octanol–water partition coefficient (Wildman–Crippen LogP) is 2.71. The van der Waals surface area contributed by atoms with Gasteiger partial charge < -0.3 is 14.8 Å². The van der Waals surface area contributed by atoms with E-state index in [1.807, 2.05) is 12.1 Å². The van der Waals surface area contributed by atoms with Crippen LogP contribution >= 0.6 is 11.6 Å². The van der Waals surface area contributed by atoms with Crippen molar-refractivity contribution in [2.75, 3.05) is 26.1 Å². The smallest absolute Gasteiger partial charge is 0.305 e. The van der Waals surface area contributed by atoms with Crippen molar-refractivity contribution in [1.29, 1.82) is 0 Å². The van der Waals surface area contributed by atoms with Gasteiger partial charge in [-0.15, -0.1) is 0 Å². The number of anilines is 1. The highest BCUT2D eigenvalue weighted by atomic mass is 35.5. The third-order valence-corrected chi connectivity index (χ3v) is 2.59. The van der Waals surface area contributed by atoms with Crippen molar-refractivity contribution in [3.05, 3.63) is 23.2 Å². The van der Waals surface area contributed by atoms with Crippen LogP contribution in [0.5, 0.6) is 5.75 Å². The van der Waals surface area contributed by atoms with Crippen LogP contribution < -0.4 is 10.1 Å². The second kappa shape index (κ2) is 7.01. The number of carbonyl (C=O) groups excluding carboxylic acids is 1. The van der Waals surface area contributed by atoms with Gasteiger partial charge in [0.1, 0.15) is 5.75 Å². The Kier molecular flexibility index (Phi) is 5.63. The Hall–Kier alpha value is -1.42. The Morgan fingerprint density at radius 2 is 2.18 bits per heavy atom. The van der Waals surface area contributed by atoms with Crippen LogP contribution in [0.2, 0.25) is 5.02 Å². The van der Waals surface area contributed by atoms with Crippen molar-refractivity contribution >= 4 is 23.3 Å². The van der Waals surface area contributed by atoms with Crippen molar-refractivity contribution in [1.82, 2.24) is 0 Å². The summed E-state index contributed by atoms with van der Waals surface area (Å²) >= 11 is 6.04. The lowest BCUT2D eigenvalue weighted by molar-refractivity contribution is -0.140. The monoisotopic (exact) mass is 257 g/mol. The van der Waals surface area contributed by atoms with Gasteiger partial charge in [0.15, 0.2) is 0 Å². The molecule has 0 heterocycles. The van der Waals surface area contributed by atoms with Crippen LogP contribution in [0, 0.1) is 0 Å². The zero-order valence-corrected chi connectivity index (χ0v) is 10.7. The van der Waals surface area contributed by atoms with E-state index in [1.165, 1.54) is 7.11 Å². The van der Waals surface area contributed by atoms with Crippen LogP contribution in [-0.2, 0) is 9.53 Å². The maximum atomic E-state index is 10.9. The number of hydrogen-bond acceptors (Lipinski definition) is 4. The number of methoxy groups -OCH3 is 2. The normalized spacial score (nSPS) is 9.82. The molecular weight excluding hydrogens is 242 g/mol. The molecule has 1 N–H and O–H groups in total. The van der Waals surface area contributed by atoms with Gasteiger partial charge in [0, 0.05) is 19.0 Å². The third-order valence-electron chi connectivity index (χ3n) is 2.28. The lowest BCUT2D eigenvalue weighted by atomic mass is 10.2. The number of halogens is 1. The molecule has 0 spiro atoms. The highest BCUT2D eigenvalue weighted by molar-refractivity contribution is 6.33. The molecule has 0 aromatic heterocycles. The summed E-state index contributed by atoms with van der Waals surface area (Å²) in [5.41, 5.74) is 0.831. The number of nitrogens with one attached hydrogen (secondary N) is 1. The Labute approximate surface area is 106 Å². The van der Waals surface area contributed by atoms with Crippen LogP contribution in [0.3, 0.4) is 0 Å². The fourth-order valence-electron chi connectivity index (χ4n) is 1.32. The molecular formula is C12H16ClNO3. The fourth-order valence-corrected chi connectivity index (χ4v) is 1.56. The molecule has 0 fully saturated rings. The van der Waals surface area contributed by atoms with E-state index in [-0.39, 0.29) is 5.97 Å². The summed E-state index contributed by atoms with van der Waals surface area (Å²) in [5.74, 6) is 0.516. The Morgan fingerprint density at radius 3 is 2.76 bits per heavy atom. The average Bonchev–Trinajstić information content (AvgIpc) is 2.35. The number of benzene rings is 1. The van der Waals surface area contributed by atoms with Crippen molar-refractivity contribution in [3.8, 4) is 5.75 Å². The van der Waals surface area contributed by atoms with Gasteiger partial charge in [-0.3, -0.25) is 4.79 Å². The molecule has 0 aliphatic rings. The van der Waals surface area contributed by atoms with Crippen LogP contribution in [0.15, 0.2) is 18.2 Å². The second-order valence-corrected chi connectivity index (χ2v) is 3.86. The van der Waals surface area contributed by atoms with Crippen LogP contribution in [0.1, 0.15) is 12.8 Å². The maximum Gasteiger partial charge on any atom is 0.305 e. The first-order chi connectivity index (χ1) is 8.17. The first-order valence-corrected chi connectivity index (χ1v) is 5.69. The van der Waals surface area contributed by atoms with E-state index in [9.17, 15) is 4.79 Å². The zero-order valence-electron chi connectivity index (χ0n) is 9.96. The second-order valence-electron chi connectivity index (χ2n) is 3.45. The molecule has 94 valence electrons. The molecule has 0 saturated carbocycles. The Bertz CT molecular complexity index is 382. The van der Waals surface area contributed by atoms with Crippen LogP contribution in [0.25, 0.3) is 0 Å². The van der Waals surface area contributed by atoms with Crippen LogP contribution in [-0.4, -0.2) is 26.7 Å². The van der Waals surface area contributed by atoms with E-state index in [0.29, 0.717) is 24.4 Å². The summed E-state index contributed by atoms with van der Waals surface area (Å²) in [7, 11) is 2.98. The first-order valence-electron chi connectivity index (χ1n) is 5.31. The van der Waals surface area contributed by atoms with Crippen molar-refractivity contribution < 1.29 is 14.3 Å². The highest BCUT2D eigenvalue weighted by Gasteiger charge is 2.03. The molecule has 17 heavy (non-hydrogen) atoms. The minimum absolute atomic E-state index is 0.201. The van der Waals surface area contributed by atoms with Gasteiger partial charge in [0.25, 0.3) is 0 Å². The van der Waals surface area contributed by atoms with E-state index in [1.54, 1.807) is 13.2 Å². The molecule has 0 aliphatic carbocycles. The molecule has 0 amide bonds. The standard InChI is InChI=1S/C12H16ClNO3/c1-16-9-5-6-11(10(13)8-9)14-7-3-4-12(15)17-2/h5-6,8,14H,3-4,7H2,1-2H3. The molecule has 0 unspecified atom stereocenters. The molecule has 4 nitrogen and oxygen atoms in total. The number of carbonyl (C=O) groups is 1. The van der Waals surface area contributed by atoms with Gasteiger partial charge in [-0.1, -0.05) is 11.6 Å². The number of esters is 1. The summed E-state index contributed by atoms with van der Waals surface area (Å²) in [5, 5.41) is 3.75. The molecule has 1 aromatic rings. The number of rotatable bonds is 6. The minimum atomic E-state index is -0.201. The Balaban J connectivity index is 2.39. The molecule has 0 aliphatic heterocycles. The van der Waals surface area contributed by atoms with Gasteiger partial charge in [-0.2, -0.15) is 0 Å². The quantitative estimate of drug-likeness (QED) is 0.629. The highest BCUT2D eigenvalue weighted by Crippen LogP contribution is 2.26. The molecule has 1 aromatic carbocycles. The first kappa shape index (κ1) is 13.6. The van der Waals surface area contributed by atoms with Gasteiger partial charge in [-0.05, 0) is 18.6 Å². The van der Waals surface area contributed by atoms with Crippen molar-refractivity contribution in [3.63, 3.8) is 0 Å². The third kappa shape index (κ3) is 4.53. The van der Waals surface area contributed by atoms with E-state index in [2.05, 4.69) is 10.1 Å². The molecule has 0 atom stereocenters. The molecule has 5 heteroatoms. The van der Waals surface area contributed by atoms with E-state index >= 15 is 0 Å². The lowest BCUT2D eigenvalue weighted by Gasteiger charge is -2.09. The van der Waals surface area contributed by atoms with Gasteiger partial charge >= 0.3 is 5.97 Å². The average molecular weight is 258 g/mol. The van der Waals surface area contributed by atoms with E-state index in [4.69, 9.17) is 16.3 Å². The number of hydrogen-bond donors (Lipinski definition) is 1. The van der Waals surface area contributed by atoms with Gasteiger partial charge in [0.2, 0.25) is 0 Å². The topological polar surface area (TPSA) is 47.6 Å². The Morgan fingerprint density at radius 1 is 1.41 bits per heavy atom. The van der Waals surface area contributed by atoms with Gasteiger partial charge in [0.05, 0.1) is 24.9 Å². The fraction of sp³-hybridized carbons (Fsp3) is 0.417. The molecule has 1 rings (SSSR count). The summed E-state index contributed by atoms with van der Waals surface area (Å²) in [4.78, 5) is 10.9. The molecule has 0 bridgehead atoms. The number of ether oxygens (including phenoxy) is 2. The predicted molar refractivity (Wildman–Crippen MR) is 67.7 cm³/mol. The largest absolute Gasteiger partial charge is 0.497 e. The summed E-state index contributed by atoms with van der Waals surface area (Å²) in [6.07, 6.45) is 1.10. The SMILES string of the molecule is COC(=O)CCCNc1ccc(OC)cc1Cl. The van der Waals surface area contributed by atoms with Gasteiger partial charge in [-0.25, -0.2) is 0 Å². The molecule has 0 saturated heterocycles. The van der Waals surface area contributed by atoms with Crippen LogP contribution in [0.4, 0.5) is 5.69 Å². The summed E-state index contributed by atoms with van der Waals surface area (Å²) in [6.45, 7) is 0.668. The lowest BCUT2D eigenvalue weighted by Crippen LogP contribution is -2.06. The van der Waals surface area contributed by atoms with E-state index < -0.39 is 0 Å². The van der Waals surface area contributed by atoms with Crippen molar-refractivity contribution in [2.24, 2.45) is 0 Å². The summed E-state index contributed by atoms with van der Waals surface area (Å²) in [6, 6.07) is 5.41. The van der Waals surface area contributed by atoms with E-state index in [0.717, 1.165) is 11.4 Å². The minimum Gasteiger partial charge on any atom is -0.497 e.